The average Bonchev–Trinajstić information content (AvgIpc) is 2.26. The van der Waals surface area contributed by atoms with Crippen molar-refractivity contribution in [3.05, 3.63) is 28.0 Å². The van der Waals surface area contributed by atoms with Crippen LogP contribution in [0.2, 0.25) is 0 Å². The number of aromatic amines is 1. The molecule has 1 atom stereocenters. The lowest BCUT2D eigenvalue weighted by Gasteiger charge is -2.30. The molecule has 1 aromatic rings. The summed E-state index contributed by atoms with van der Waals surface area (Å²) in [5.74, 6) is -0.566. The molecule has 1 saturated heterocycles. The van der Waals surface area contributed by atoms with Crippen LogP contribution in [0.25, 0.3) is 0 Å². The third-order valence-corrected chi connectivity index (χ3v) is 2.82. The van der Waals surface area contributed by atoms with Crippen LogP contribution in [0, 0.1) is 0 Å². The summed E-state index contributed by atoms with van der Waals surface area (Å²) in [5.41, 5.74) is 5.49. The molecule has 6 heteroatoms. The Bertz CT molecular complexity index is 483. The highest BCUT2D eigenvalue weighted by Gasteiger charge is 2.22. The minimum Gasteiger partial charge on any atom is -0.494 e. The van der Waals surface area contributed by atoms with E-state index in [-0.39, 0.29) is 23.4 Å². The highest BCUT2D eigenvalue weighted by molar-refractivity contribution is 5.94. The fourth-order valence-electron chi connectivity index (χ4n) is 2.03. The van der Waals surface area contributed by atoms with Gasteiger partial charge >= 0.3 is 0 Å². The monoisotopic (exact) mass is 237 g/mol. The van der Waals surface area contributed by atoms with Gasteiger partial charge in [-0.3, -0.25) is 14.6 Å². The lowest BCUT2D eigenvalue weighted by Crippen LogP contribution is -2.45. The molecule has 0 unspecified atom stereocenters. The Labute approximate surface area is 98.1 Å². The first kappa shape index (κ1) is 11.7. The number of hydrogen-bond donors (Lipinski definition) is 3. The van der Waals surface area contributed by atoms with Gasteiger partial charge in [0.15, 0.2) is 5.88 Å². The molecule has 2 heterocycles. The maximum absolute atomic E-state index is 12.1. The predicted molar refractivity (Wildman–Crippen MR) is 61.8 cm³/mol. The van der Waals surface area contributed by atoms with Crippen molar-refractivity contribution in [2.75, 3.05) is 13.1 Å². The average molecular weight is 237 g/mol. The van der Waals surface area contributed by atoms with Crippen LogP contribution in [0.4, 0.5) is 0 Å². The van der Waals surface area contributed by atoms with Gasteiger partial charge in [0, 0.05) is 31.3 Å². The molecule has 0 saturated carbocycles. The Kier molecular flexibility index (Phi) is 3.14. The minimum absolute atomic E-state index is 0.0108. The standard InChI is InChI=1S/C11H15N3O3/c12-8-2-1-3-14(6-8)11(17)7-4-9(15)13-10(16)5-7/h4-5,8H,1-3,6,12H2,(H2,13,15,16)/t8-/m1/s1. The van der Waals surface area contributed by atoms with Gasteiger partial charge in [0.1, 0.15) is 0 Å². The number of H-pyrrole nitrogens is 1. The molecule has 17 heavy (non-hydrogen) atoms. The van der Waals surface area contributed by atoms with Crippen molar-refractivity contribution in [1.29, 1.82) is 0 Å². The quantitative estimate of drug-likeness (QED) is 0.621. The van der Waals surface area contributed by atoms with Crippen molar-refractivity contribution in [3.8, 4) is 5.88 Å². The maximum atomic E-state index is 12.1. The number of carbonyl (C=O) groups excluding carboxylic acids is 1. The summed E-state index contributed by atoms with van der Waals surface area (Å²) in [6.07, 6.45) is 1.77. The van der Waals surface area contributed by atoms with Gasteiger partial charge in [-0.2, -0.15) is 0 Å². The first-order valence-corrected chi connectivity index (χ1v) is 5.54. The molecule has 0 bridgehead atoms. The molecule has 0 aliphatic carbocycles. The van der Waals surface area contributed by atoms with Crippen molar-refractivity contribution in [2.24, 2.45) is 5.73 Å². The van der Waals surface area contributed by atoms with Crippen molar-refractivity contribution < 1.29 is 9.90 Å². The molecule has 1 aromatic heterocycles. The Balaban J connectivity index is 2.21. The molecular weight excluding hydrogens is 222 g/mol. The van der Waals surface area contributed by atoms with Gasteiger partial charge in [-0.05, 0) is 12.8 Å². The lowest BCUT2D eigenvalue weighted by atomic mass is 10.1. The van der Waals surface area contributed by atoms with Crippen LogP contribution in [0.1, 0.15) is 23.2 Å². The summed E-state index contributed by atoms with van der Waals surface area (Å²) in [4.78, 5) is 27.0. The zero-order chi connectivity index (χ0) is 12.4. The SMILES string of the molecule is N[C@@H]1CCCN(C(=O)c2cc(O)[nH]c(=O)c2)C1. The second-order valence-electron chi connectivity index (χ2n) is 4.27. The largest absolute Gasteiger partial charge is 0.494 e. The molecule has 2 rings (SSSR count). The number of carbonyl (C=O) groups is 1. The van der Waals surface area contributed by atoms with E-state index in [9.17, 15) is 14.7 Å². The Hall–Kier alpha value is -1.82. The number of rotatable bonds is 1. The Morgan fingerprint density at radius 1 is 1.53 bits per heavy atom. The number of hydrogen-bond acceptors (Lipinski definition) is 4. The number of nitrogens with one attached hydrogen (secondary N) is 1. The van der Waals surface area contributed by atoms with E-state index in [1.54, 1.807) is 4.90 Å². The van der Waals surface area contributed by atoms with E-state index in [1.165, 1.54) is 12.1 Å². The van der Waals surface area contributed by atoms with E-state index in [0.29, 0.717) is 13.1 Å². The number of pyridine rings is 1. The summed E-state index contributed by atoms with van der Waals surface area (Å²) in [6.45, 7) is 1.13. The number of piperidine rings is 1. The molecule has 0 radical (unpaired) electrons. The Morgan fingerprint density at radius 2 is 2.29 bits per heavy atom. The second kappa shape index (κ2) is 4.58. The summed E-state index contributed by atoms with van der Waals surface area (Å²) >= 11 is 0. The molecule has 92 valence electrons. The number of amides is 1. The maximum Gasteiger partial charge on any atom is 0.254 e. The summed E-state index contributed by atoms with van der Waals surface area (Å²) < 4.78 is 0. The zero-order valence-corrected chi connectivity index (χ0v) is 9.35. The summed E-state index contributed by atoms with van der Waals surface area (Å²) in [6, 6.07) is 2.43. The molecule has 1 amide bonds. The van der Waals surface area contributed by atoms with Crippen LogP contribution < -0.4 is 11.3 Å². The molecule has 4 N–H and O–H groups in total. The second-order valence-corrected chi connectivity index (χ2v) is 4.27. The third kappa shape index (κ3) is 2.65. The molecule has 1 aliphatic rings. The summed E-state index contributed by atoms with van der Waals surface area (Å²) in [7, 11) is 0. The normalized spacial score (nSPS) is 20.3. The van der Waals surface area contributed by atoms with Gasteiger partial charge in [0.25, 0.3) is 11.5 Å². The number of nitrogens with two attached hydrogens (primary N) is 1. The highest BCUT2D eigenvalue weighted by atomic mass is 16.3. The molecule has 1 aliphatic heterocycles. The number of nitrogens with zero attached hydrogens (tertiary/aromatic N) is 1. The van der Waals surface area contributed by atoms with Crippen LogP contribution in [-0.4, -0.2) is 40.0 Å². The first-order chi connectivity index (χ1) is 8.06. The van der Waals surface area contributed by atoms with E-state index in [4.69, 9.17) is 5.73 Å². The molecule has 6 nitrogen and oxygen atoms in total. The van der Waals surface area contributed by atoms with Crippen molar-refractivity contribution in [3.63, 3.8) is 0 Å². The van der Waals surface area contributed by atoms with Gasteiger partial charge in [0.05, 0.1) is 5.56 Å². The van der Waals surface area contributed by atoms with Crippen molar-refractivity contribution in [2.45, 2.75) is 18.9 Å². The predicted octanol–water partition coefficient (Wildman–Crippen LogP) is -0.356. The molecule has 0 spiro atoms. The number of aromatic hydroxyl groups is 1. The zero-order valence-electron chi connectivity index (χ0n) is 9.35. The first-order valence-electron chi connectivity index (χ1n) is 5.54. The number of aromatic nitrogens is 1. The van der Waals surface area contributed by atoms with Gasteiger partial charge < -0.3 is 15.7 Å². The smallest absolute Gasteiger partial charge is 0.254 e. The van der Waals surface area contributed by atoms with Gasteiger partial charge in [-0.1, -0.05) is 0 Å². The van der Waals surface area contributed by atoms with Crippen LogP contribution in [0.15, 0.2) is 16.9 Å². The minimum atomic E-state index is -0.491. The molecular formula is C11H15N3O3. The van der Waals surface area contributed by atoms with Gasteiger partial charge in [-0.25, -0.2) is 0 Å². The van der Waals surface area contributed by atoms with Crippen LogP contribution >= 0.6 is 0 Å². The number of likely N-dealkylation sites (tertiary alicyclic amines) is 1. The topological polar surface area (TPSA) is 99.4 Å². The molecule has 0 aromatic carbocycles. The van der Waals surface area contributed by atoms with Gasteiger partial charge in [-0.15, -0.1) is 0 Å². The fraction of sp³-hybridized carbons (Fsp3) is 0.455. The Morgan fingerprint density at radius 3 is 2.94 bits per heavy atom. The van der Waals surface area contributed by atoms with E-state index in [1.807, 2.05) is 0 Å². The van der Waals surface area contributed by atoms with E-state index < -0.39 is 5.56 Å². The van der Waals surface area contributed by atoms with Crippen molar-refractivity contribution >= 4 is 5.91 Å². The van der Waals surface area contributed by atoms with E-state index >= 15 is 0 Å². The van der Waals surface area contributed by atoms with Gasteiger partial charge in [0.2, 0.25) is 0 Å². The van der Waals surface area contributed by atoms with E-state index in [2.05, 4.69) is 4.98 Å². The lowest BCUT2D eigenvalue weighted by molar-refractivity contribution is 0.0708. The van der Waals surface area contributed by atoms with Crippen LogP contribution in [0.5, 0.6) is 5.88 Å². The van der Waals surface area contributed by atoms with Crippen molar-refractivity contribution in [1.82, 2.24) is 9.88 Å². The van der Waals surface area contributed by atoms with E-state index in [0.717, 1.165) is 12.8 Å². The molecule has 1 fully saturated rings. The van der Waals surface area contributed by atoms with Crippen LogP contribution in [0.3, 0.4) is 0 Å². The highest BCUT2D eigenvalue weighted by Crippen LogP contribution is 2.13. The third-order valence-electron chi connectivity index (χ3n) is 2.82. The van der Waals surface area contributed by atoms with Crippen LogP contribution in [-0.2, 0) is 0 Å². The fourth-order valence-corrected chi connectivity index (χ4v) is 2.03. The summed E-state index contributed by atoms with van der Waals surface area (Å²) in [5, 5.41) is 9.24.